The van der Waals surface area contributed by atoms with Gasteiger partial charge in [-0.2, -0.15) is 0 Å². The highest BCUT2D eigenvalue weighted by atomic mass is 32.2. The van der Waals surface area contributed by atoms with Crippen molar-refractivity contribution in [1.82, 2.24) is 14.8 Å². The van der Waals surface area contributed by atoms with E-state index in [1.807, 2.05) is 26.0 Å². The second-order valence-electron chi connectivity index (χ2n) is 4.50. The van der Waals surface area contributed by atoms with Gasteiger partial charge in [0, 0.05) is 17.0 Å². The highest BCUT2D eigenvalue weighted by Gasteiger charge is 2.15. The van der Waals surface area contributed by atoms with Gasteiger partial charge in [0.25, 0.3) is 0 Å². The van der Waals surface area contributed by atoms with Crippen molar-refractivity contribution in [2.75, 3.05) is 0 Å². The Morgan fingerprint density at radius 2 is 2.33 bits per heavy atom. The zero-order valence-corrected chi connectivity index (χ0v) is 12.6. The summed E-state index contributed by atoms with van der Waals surface area (Å²) in [5, 5.41) is 19.0. The summed E-state index contributed by atoms with van der Waals surface area (Å²) < 4.78 is 1.58. The number of H-pyrrole nitrogens is 1. The molecule has 0 saturated carbocycles. The van der Waals surface area contributed by atoms with Crippen molar-refractivity contribution in [3.05, 3.63) is 39.8 Å². The molecular formula is C13H17N5O2S. The van der Waals surface area contributed by atoms with Gasteiger partial charge in [-0.1, -0.05) is 24.2 Å². The summed E-state index contributed by atoms with van der Waals surface area (Å²) in [6.07, 6.45) is 0.827. The molecule has 0 spiro atoms. The average Bonchev–Trinajstić information content (AvgIpc) is 2.82. The van der Waals surface area contributed by atoms with Crippen LogP contribution in [0.25, 0.3) is 0 Å². The Labute approximate surface area is 125 Å². The molecule has 21 heavy (non-hydrogen) atoms. The van der Waals surface area contributed by atoms with E-state index in [-0.39, 0.29) is 11.5 Å². The summed E-state index contributed by atoms with van der Waals surface area (Å²) in [4.78, 5) is 12.5. The third-order valence-corrected chi connectivity index (χ3v) is 4.20. The number of oxime groups is 1. The van der Waals surface area contributed by atoms with Gasteiger partial charge in [-0.05, 0) is 36.7 Å². The SMILES string of the molecule is CCCn1c(Sc2c(C)cccc2/C(N)=N/O)n[nH]c1=O. The molecule has 0 aliphatic heterocycles. The highest BCUT2D eigenvalue weighted by molar-refractivity contribution is 7.99. The van der Waals surface area contributed by atoms with Crippen LogP contribution >= 0.6 is 11.8 Å². The van der Waals surface area contributed by atoms with Crippen LogP contribution < -0.4 is 11.4 Å². The average molecular weight is 307 g/mol. The molecule has 0 atom stereocenters. The van der Waals surface area contributed by atoms with Gasteiger partial charge >= 0.3 is 5.69 Å². The van der Waals surface area contributed by atoms with Gasteiger partial charge in [0.05, 0.1) is 0 Å². The minimum atomic E-state index is -0.238. The van der Waals surface area contributed by atoms with Crippen molar-refractivity contribution in [1.29, 1.82) is 0 Å². The van der Waals surface area contributed by atoms with E-state index in [1.54, 1.807) is 10.6 Å². The van der Waals surface area contributed by atoms with Crippen LogP contribution in [0.15, 0.2) is 38.2 Å². The summed E-state index contributed by atoms with van der Waals surface area (Å²) in [6.45, 7) is 4.50. The Morgan fingerprint density at radius 1 is 1.57 bits per heavy atom. The normalized spacial score (nSPS) is 11.8. The van der Waals surface area contributed by atoms with E-state index in [4.69, 9.17) is 10.9 Å². The largest absolute Gasteiger partial charge is 0.409 e. The molecule has 112 valence electrons. The van der Waals surface area contributed by atoms with Gasteiger partial charge in [-0.25, -0.2) is 9.89 Å². The fraction of sp³-hybridized carbons (Fsp3) is 0.308. The molecule has 0 aliphatic carbocycles. The third kappa shape index (κ3) is 3.10. The number of aromatic nitrogens is 3. The van der Waals surface area contributed by atoms with Crippen LogP contribution in [0.5, 0.6) is 0 Å². The quantitative estimate of drug-likeness (QED) is 0.336. The molecule has 8 heteroatoms. The van der Waals surface area contributed by atoms with Gasteiger partial charge in [0.15, 0.2) is 11.0 Å². The minimum absolute atomic E-state index is 0.0288. The number of amidine groups is 1. The topological polar surface area (TPSA) is 109 Å². The van der Waals surface area contributed by atoms with E-state index in [2.05, 4.69) is 15.4 Å². The van der Waals surface area contributed by atoms with E-state index in [9.17, 15) is 4.79 Å². The lowest BCUT2D eigenvalue weighted by Crippen LogP contribution is -2.18. The monoisotopic (exact) mass is 307 g/mol. The second kappa shape index (κ2) is 6.49. The molecule has 0 bridgehead atoms. The summed E-state index contributed by atoms with van der Waals surface area (Å²) >= 11 is 1.32. The van der Waals surface area contributed by atoms with Gasteiger partial charge in [-0.15, -0.1) is 5.10 Å². The number of nitrogens with one attached hydrogen (secondary N) is 1. The molecule has 4 N–H and O–H groups in total. The van der Waals surface area contributed by atoms with Crippen LogP contribution in [0.2, 0.25) is 0 Å². The van der Waals surface area contributed by atoms with Crippen LogP contribution in [0.1, 0.15) is 24.5 Å². The standard InChI is InChI=1S/C13H17N5O2S/c1-3-7-18-12(19)15-16-13(18)21-10-8(2)5-4-6-9(10)11(14)17-20/h4-6,20H,3,7H2,1-2H3,(H2,14,17)(H,15,19). The molecule has 1 heterocycles. The number of benzene rings is 1. The van der Waals surface area contributed by atoms with E-state index in [0.717, 1.165) is 16.9 Å². The van der Waals surface area contributed by atoms with Gasteiger partial charge in [0.1, 0.15) is 0 Å². The predicted molar refractivity (Wildman–Crippen MR) is 81.0 cm³/mol. The molecule has 0 fully saturated rings. The van der Waals surface area contributed by atoms with E-state index < -0.39 is 0 Å². The molecule has 0 unspecified atom stereocenters. The number of aryl methyl sites for hydroxylation is 1. The summed E-state index contributed by atoms with van der Waals surface area (Å²) in [6, 6.07) is 5.52. The maximum Gasteiger partial charge on any atom is 0.343 e. The Bertz CT molecular complexity index is 720. The highest BCUT2D eigenvalue weighted by Crippen LogP contribution is 2.31. The molecular weight excluding hydrogens is 290 g/mol. The third-order valence-electron chi connectivity index (χ3n) is 2.96. The van der Waals surface area contributed by atoms with Crippen molar-refractivity contribution in [3.63, 3.8) is 0 Å². The summed E-state index contributed by atoms with van der Waals surface area (Å²) in [5.41, 5.74) is 7.04. The molecule has 0 saturated heterocycles. The van der Waals surface area contributed by atoms with Crippen LogP contribution in [-0.4, -0.2) is 25.8 Å². The smallest absolute Gasteiger partial charge is 0.343 e. The Hall–Kier alpha value is -2.22. The first-order valence-corrected chi connectivity index (χ1v) is 7.30. The summed E-state index contributed by atoms with van der Waals surface area (Å²) in [7, 11) is 0. The lowest BCUT2D eigenvalue weighted by molar-refractivity contribution is 0.318. The van der Waals surface area contributed by atoms with Crippen molar-refractivity contribution in [3.8, 4) is 0 Å². The lowest BCUT2D eigenvalue weighted by Gasteiger charge is -2.11. The fourth-order valence-corrected chi connectivity index (χ4v) is 3.01. The van der Waals surface area contributed by atoms with Gasteiger partial charge in [-0.3, -0.25) is 4.57 Å². The van der Waals surface area contributed by atoms with Crippen molar-refractivity contribution >= 4 is 17.6 Å². The molecule has 2 aromatic rings. The molecule has 0 amide bonds. The Kier molecular flexibility index (Phi) is 4.69. The van der Waals surface area contributed by atoms with E-state index >= 15 is 0 Å². The summed E-state index contributed by atoms with van der Waals surface area (Å²) in [5.74, 6) is 0.0288. The molecule has 2 rings (SSSR count). The van der Waals surface area contributed by atoms with Crippen LogP contribution in [0.4, 0.5) is 0 Å². The zero-order chi connectivity index (χ0) is 15.4. The lowest BCUT2D eigenvalue weighted by atomic mass is 10.1. The zero-order valence-electron chi connectivity index (χ0n) is 11.8. The van der Waals surface area contributed by atoms with E-state index in [0.29, 0.717) is 17.3 Å². The first kappa shape index (κ1) is 15.2. The van der Waals surface area contributed by atoms with E-state index in [1.165, 1.54) is 11.8 Å². The minimum Gasteiger partial charge on any atom is -0.409 e. The molecule has 1 aromatic heterocycles. The van der Waals surface area contributed by atoms with Crippen molar-refractivity contribution in [2.24, 2.45) is 10.9 Å². The molecule has 0 aliphatic rings. The maximum atomic E-state index is 11.7. The number of nitrogens with zero attached hydrogens (tertiary/aromatic N) is 3. The first-order valence-electron chi connectivity index (χ1n) is 6.49. The molecule has 0 radical (unpaired) electrons. The Morgan fingerprint density at radius 3 is 3.00 bits per heavy atom. The number of aromatic amines is 1. The van der Waals surface area contributed by atoms with Crippen LogP contribution in [0.3, 0.4) is 0 Å². The fourth-order valence-electron chi connectivity index (χ4n) is 1.94. The number of hydrogen-bond acceptors (Lipinski definition) is 5. The Balaban J connectivity index is 2.47. The van der Waals surface area contributed by atoms with Crippen LogP contribution in [-0.2, 0) is 6.54 Å². The maximum absolute atomic E-state index is 11.7. The van der Waals surface area contributed by atoms with Crippen LogP contribution in [0, 0.1) is 6.92 Å². The number of rotatable bonds is 5. The van der Waals surface area contributed by atoms with Gasteiger partial charge in [0.2, 0.25) is 0 Å². The first-order chi connectivity index (χ1) is 10.1. The van der Waals surface area contributed by atoms with Crippen molar-refractivity contribution < 1.29 is 5.21 Å². The number of nitrogens with two attached hydrogens (primary N) is 1. The predicted octanol–water partition coefficient (Wildman–Crippen LogP) is 1.54. The molecule has 7 nitrogen and oxygen atoms in total. The number of hydrogen-bond donors (Lipinski definition) is 3. The van der Waals surface area contributed by atoms with Gasteiger partial charge < -0.3 is 10.9 Å². The van der Waals surface area contributed by atoms with Crippen molar-refractivity contribution in [2.45, 2.75) is 36.9 Å². The molecule has 1 aromatic carbocycles. The second-order valence-corrected chi connectivity index (χ2v) is 5.48.